The molecular weight excluding hydrogens is 281 g/mol. The van der Waals surface area contributed by atoms with Gasteiger partial charge in [0.05, 0.1) is 10.6 Å². The number of nitrogens with two attached hydrogens (primary N) is 1. The fourth-order valence-corrected chi connectivity index (χ4v) is 1.99. The summed E-state index contributed by atoms with van der Waals surface area (Å²) >= 11 is 5.94. The summed E-state index contributed by atoms with van der Waals surface area (Å²) in [4.78, 5) is 17.5. The Balaban J connectivity index is 2.18. The highest BCUT2D eigenvalue weighted by Gasteiger charge is 2.16. The van der Waals surface area contributed by atoms with Crippen molar-refractivity contribution in [2.24, 2.45) is 0 Å². The second kappa shape index (κ2) is 5.88. The van der Waals surface area contributed by atoms with Crippen LogP contribution in [0.5, 0.6) is 0 Å². The number of nitrogens with zero attached hydrogens (tertiary/aromatic N) is 2. The van der Waals surface area contributed by atoms with E-state index in [1.165, 1.54) is 29.3 Å². The second-order valence-corrected chi connectivity index (χ2v) is 4.79. The molecule has 0 fully saturated rings. The van der Waals surface area contributed by atoms with Gasteiger partial charge in [0.25, 0.3) is 5.91 Å². The Hall–Kier alpha value is -2.14. The standard InChI is InChI=1S/C14H13ClFN3O/c1-19(8-9-3-2-4-10(16)5-9)14(20)11-6-13(17)18-7-12(11)15/h2-7H,8H2,1H3,(H2,17,18). The molecule has 104 valence electrons. The molecule has 0 bridgehead atoms. The number of halogens is 2. The van der Waals surface area contributed by atoms with E-state index in [1.807, 2.05) is 0 Å². The maximum Gasteiger partial charge on any atom is 0.255 e. The minimum atomic E-state index is -0.338. The van der Waals surface area contributed by atoms with Crippen LogP contribution in [-0.2, 0) is 6.54 Å². The summed E-state index contributed by atoms with van der Waals surface area (Å²) in [5.74, 6) is -0.417. The van der Waals surface area contributed by atoms with Crippen molar-refractivity contribution in [2.75, 3.05) is 12.8 Å². The zero-order chi connectivity index (χ0) is 14.7. The maximum absolute atomic E-state index is 13.1. The average Bonchev–Trinajstić information content (AvgIpc) is 2.40. The third kappa shape index (κ3) is 3.24. The van der Waals surface area contributed by atoms with E-state index < -0.39 is 0 Å². The first kappa shape index (κ1) is 14.3. The molecule has 2 N–H and O–H groups in total. The molecule has 0 aliphatic heterocycles. The van der Waals surface area contributed by atoms with Crippen molar-refractivity contribution in [3.8, 4) is 0 Å². The van der Waals surface area contributed by atoms with E-state index in [9.17, 15) is 9.18 Å². The number of aromatic nitrogens is 1. The molecule has 0 unspecified atom stereocenters. The van der Waals surface area contributed by atoms with Crippen molar-refractivity contribution >= 4 is 23.3 Å². The van der Waals surface area contributed by atoms with E-state index in [-0.39, 0.29) is 34.7 Å². The number of benzene rings is 1. The molecule has 0 aliphatic carbocycles. The Kier molecular flexibility index (Phi) is 4.20. The van der Waals surface area contributed by atoms with E-state index in [0.717, 1.165) is 0 Å². The molecule has 0 spiro atoms. The lowest BCUT2D eigenvalue weighted by Gasteiger charge is -2.18. The average molecular weight is 294 g/mol. The van der Waals surface area contributed by atoms with Crippen LogP contribution in [0.1, 0.15) is 15.9 Å². The van der Waals surface area contributed by atoms with Crippen LogP contribution in [0.4, 0.5) is 10.2 Å². The molecule has 4 nitrogen and oxygen atoms in total. The fourth-order valence-electron chi connectivity index (χ4n) is 1.81. The molecule has 1 aromatic heterocycles. The van der Waals surface area contributed by atoms with E-state index >= 15 is 0 Å². The highest BCUT2D eigenvalue weighted by atomic mass is 35.5. The van der Waals surface area contributed by atoms with Gasteiger partial charge < -0.3 is 10.6 Å². The van der Waals surface area contributed by atoms with Crippen LogP contribution < -0.4 is 5.73 Å². The van der Waals surface area contributed by atoms with Crippen LogP contribution in [0.25, 0.3) is 0 Å². The van der Waals surface area contributed by atoms with E-state index in [4.69, 9.17) is 17.3 Å². The van der Waals surface area contributed by atoms with Gasteiger partial charge in [0.15, 0.2) is 0 Å². The first-order valence-electron chi connectivity index (χ1n) is 5.88. The Labute approximate surface area is 121 Å². The van der Waals surface area contributed by atoms with E-state index in [0.29, 0.717) is 5.56 Å². The van der Waals surface area contributed by atoms with Gasteiger partial charge in [-0.15, -0.1) is 0 Å². The van der Waals surface area contributed by atoms with Crippen molar-refractivity contribution in [1.82, 2.24) is 9.88 Å². The highest BCUT2D eigenvalue weighted by molar-refractivity contribution is 6.33. The number of pyridine rings is 1. The van der Waals surface area contributed by atoms with Crippen molar-refractivity contribution in [3.05, 3.63) is 58.5 Å². The van der Waals surface area contributed by atoms with Crippen LogP contribution in [0.15, 0.2) is 36.5 Å². The summed E-state index contributed by atoms with van der Waals surface area (Å²) in [6.07, 6.45) is 1.33. The summed E-state index contributed by atoms with van der Waals surface area (Å²) in [6.45, 7) is 0.273. The molecule has 6 heteroatoms. The Morgan fingerprint density at radius 1 is 1.45 bits per heavy atom. The molecule has 0 saturated heterocycles. The van der Waals surface area contributed by atoms with E-state index in [1.54, 1.807) is 19.2 Å². The van der Waals surface area contributed by atoms with Gasteiger partial charge in [-0.25, -0.2) is 9.37 Å². The molecule has 0 atom stereocenters. The predicted molar refractivity (Wildman–Crippen MR) is 75.9 cm³/mol. The number of amides is 1. The van der Waals surface area contributed by atoms with Crippen LogP contribution in [0.3, 0.4) is 0 Å². The van der Waals surface area contributed by atoms with Gasteiger partial charge in [-0.1, -0.05) is 23.7 Å². The minimum Gasteiger partial charge on any atom is -0.384 e. The van der Waals surface area contributed by atoms with Crippen molar-refractivity contribution < 1.29 is 9.18 Å². The quantitative estimate of drug-likeness (QED) is 0.946. The molecule has 2 rings (SSSR count). The maximum atomic E-state index is 13.1. The number of carbonyl (C=O) groups excluding carboxylic acids is 1. The summed E-state index contributed by atoms with van der Waals surface area (Å²) < 4.78 is 13.1. The highest BCUT2D eigenvalue weighted by Crippen LogP contribution is 2.19. The molecule has 2 aromatic rings. The molecular formula is C14H13ClFN3O. The van der Waals surface area contributed by atoms with Crippen molar-refractivity contribution in [1.29, 1.82) is 0 Å². The van der Waals surface area contributed by atoms with Crippen LogP contribution >= 0.6 is 11.6 Å². The van der Waals surface area contributed by atoms with Gasteiger partial charge in [-0.05, 0) is 23.8 Å². The first-order valence-corrected chi connectivity index (χ1v) is 6.26. The lowest BCUT2D eigenvalue weighted by atomic mass is 10.2. The van der Waals surface area contributed by atoms with Gasteiger partial charge in [-0.2, -0.15) is 0 Å². The molecule has 0 aliphatic rings. The van der Waals surface area contributed by atoms with Crippen molar-refractivity contribution in [2.45, 2.75) is 6.54 Å². The first-order chi connectivity index (χ1) is 9.47. The molecule has 0 radical (unpaired) electrons. The number of anilines is 1. The SMILES string of the molecule is CN(Cc1cccc(F)c1)C(=O)c1cc(N)ncc1Cl. The Bertz CT molecular complexity index is 648. The largest absolute Gasteiger partial charge is 0.384 e. The number of rotatable bonds is 3. The summed E-state index contributed by atoms with van der Waals surface area (Å²) in [6, 6.07) is 7.50. The minimum absolute atomic E-state index is 0.219. The Morgan fingerprint density at radius 2 is 2.20 bits per heavy atom. The topological polar surface area (TPSA) is 59.2 Å². The summed E-state index contributed by atoms with van der Waals surface area (Å²) in [5.41, 5.74) is 6.52. The zero-order valence-electron chi connectivity index (χ0n) is 10.8. The monoisotopic (exact) mass is 293 g/mol. The van der Waals surface area contributed by atoms with Gasteiger partial charge >= 0.3 is 0 Å². The van der Waals surface area contributed by atoms with Gasteiger partial charge in [0, 0.05) is 19.8 Å². The fraction of sp³-hybridized carbons (Fsp3) is 0.143. The Morgan fingerprint density at radius 3 is 2.90 bits per heavy atom. The predicted octanol–water partition coefficient (Wildman–Crippen LogP) is 2.73. The summed E-state index contributed by atoms with van der Waals surface area (Å²) in [5, 5.41) is 0.232. The van der Waals surface area contributed by atoms with Crippen LogP contribution in [0.2, 0.25) is 5.02 Å². The second-order valence-electron chi connectivity index (χ2n) is 4.38. The number of hydrogen-bond donors (Lipinski definition) is 1. The van der Waals surface area contributed by atoms with E-state index in [2.05, 4.69) is 4.98 Å². The normalized spacial score (nSPS) is 10.3. The third-order valence-electron chi connectivity index (χ3n) is 2.76. The van der Waals surface area contributed by atoms with Crippen LogP contribution in [-0.4, -0.2) is 22.8 Å². The molecule has 20 heavy (non-hydrogen) atoms. The van der Waals surface area contributed by atoms with Crippen LogP contribution in [0, 0.1) is 5.82 Å². The third-order valence-corrected chi connectivity index (χ3v) is 3.06. The smallest absolute Gasteiger partial charge is 0.255 e. The number of hydrogen-bond acceptors (Lipinski definition) is 3. The molecule has 1 amide bonds. The number of carbonyl (C=O) groups is 1. The molecule has 0 saturated carbocycles. The molecule has 1 aromatic carbocycles. The lowest BCUT2D eigenvalue weighted by molar-refractivity contribution is 0.0785. The van der Waals surface area contributed by atoms with Gasteiger partial charge in [0.2, 0.25) is 0 Å². The zero-order valence-corrected chi connectivity index (χ0v) is 11.6. The lowest BCUT2D eigenvalue weighted by Crippen LogP contribution is -2.26. The van der Waals surface area contributed by atoms with Gasteiger partial charge in [-0.3, -0.25) is 4.79 Å². The van der Waals surface area contributed by atoms with Crippen molar-refractivity contribution in [3.63, 3.8) is 0 Å². The number of nitrogen functional groups attached to an aromatic ring is 1. The summed E-state index contributed by atoms with van der Waals surface area (Å²) in [7, 11) is 1.61. The van der Waals surface area contributed by atoms with Gasteiger partial charge in [0.1, 0.15) is 11.6 Å². The molecule has 1 heterocycles.